The summed E-state index contributed by atoms with van der Waals surface area (Å²) in [7, 11) is 0. The fraction of sp³-hybridized carbons (Fsp3) is 0.118. The third kappa shape index (κ3) is 2.46. The number of carbonyl (C=O) groups excluding carboxylic acids is 1. The van der Waals surface area contributed by atoms with Gasteiger partial charge in [-0.1, -0.05) is 29.8 Å². The summed E-state index contributed by atoms with van der Waals surface area (Å²) < 4.78 is 19.1. The fourth-order valence-electron chi connectivity index (χ4n) is 2.33. The normalized spacial score (nSPS) is 10.9. The Hall–Kier alpha value is -2.33. The SMILES string of the molecule is Cc1ccc(NC(=O)c2oc3c(F)cccc3c2C)c(Cl)c1. The number of hydrogen-bond acceptors (Lipinski definition) is 2. The van der Waals surface area contributed by atoms with Crippen molar-refractivity contribution in [1.82, 2.24) is 0 Å². The number of nitrogens with one attached hydrogen (secondary N) is 1. The van der Waals surface area contributed by atoms with Gasteiger partial charge in [0.2, 0.25) is 0 Å². The van der Waals surface area contributed by atoms with Crippen molar-refractivity contribution in [2.75, 3.05) is 5.32 Å². The van der Waals surface area contributed by atoms with Gasteiger partial charge in [0, 0.05) is 10.9 Å². The summed E-state index contributed by atoms with van der Waals surface area (Å²) in [5, 5.41) is 3.71. The summed E-state index contributed by atoms with van der Waals surface area (Å²) in [4.78, 5) is 12.4. The molecule has 3 nitrogen and oxygen atoms in total. The van der Waals surface area contributed by atoms with E-state index < -0.39 is 11.7 Å². The molecule has 0 radical (unpaired) electrons. The van der Waals surface area contributed by atoms with Crippen LogP contribution in [0.5, 0.6) is 0 Å². The van der Waals surface area contributed by atoms with Crippen LogP contribution in [-0.4, -0.2) is 5.91 Å². The first kappa shape index (κ1) is 14.6. The number of carbonyl (C=O) groups is 1. The molecular formula is C17H13ClFNO2. The van der Waals surface area contributed by atoms with Crippen LogP contribution in [-0.2, 0) is 0 Å². The van der Waals surface area contributed by atoms with E-state index in [4.69, 9.17) is 16.0 Å². The zero-order valence-corrected chi connectivity index (χ0v) is 12.8. The summed E-state index contributed by atoms with van der Waals surface area (Å²) in [6, 6.07) is 9.90. The van der Waals surface area contributed by atoms with Crippen molar-refractivity contribution in [3.63, 3.8) is 0 Å². The van der Waals surface area contributed by atoms with Gasteiger partial charge in [0.1, 0.15) is 0 Å². The van der Waals surface area contributed by atoms with E-state index in [-0.39, 0.29) is 11.3 Å². The Kier molecular flexibility index (Phi) is 3.62. The largest absolute Gasteiger partial charge is 0.448 e. The van der Waals surface area contributed by atoms with E-state index >= 15 is 0 Å². The molecule has 0 aliphatic heterocycles. The highest BCUT2D eigenvalue weighted by atomic mass is 35.5. The van der Waals surface area contributed by atoms with Crippen molar-refractivity contribution < 1.29 is 13.6 Å². The number of anilines is 1. The minimum atomic E-state index is -0.493. The highest BCUT2D eigenvalue weighted by Crippen LogP contribution is 2.29. The molecule has 1 aromatic heterocycles. The molecule has 5 heteroatoms. The first-order valence-electron chi connectivity index (χ1n) is 6.72. The second kappa shape index (κ2) is 5.46. The second-order valence-electron chi connectivity index (χ2n) is 5.11. The van der Waals surface area contributed by atoms with Crippen molar-refractivity contribution in [2.45, 2.75) is 13.8 Å². The molecule has 0 aliphatic carbocycles. The molecule has 0 fully saturated rings. The van der Waals surface area contributed by atoms with Gasteiger partial charge in [0.25, 0.3) is 5.91 Å². The van der Waals surface area contributed by atoms with Gasteiger partial charge in [-0.15, -0.1) is 0 Å². The van der Waals surface area contributed by atoms with Gasteiger partial charge in [0.15, 0.2) is 17.2 Å². The maximum atomic E-state index is 13.7. The Balaban J connectivity index is 1.99. The second-order valence-corrected chi connectivity index (χ2v) is 5.52. The number of aryl methyl sites for hydroxylation is 2. The molecule has 3 rings (SSSR count). The topological polar surface area (TPSA) is 42.2 Å². The molecule has 1 heterocycles. The Morgan fingerprint density at radius 3 is 2.68 bits per heavy atom. The number of amides is 1. The standard InChI is InChI=1S/C17H13ClFNO2/c1-9-6-7-14(12(18)8-9)20-17(21)15-10(2)11-4-3-5-13(19)16(11)22-15/h3-8H,1-2H3,(H,20,21). The Morgan fingerprint density at radius 1 is 1.23 bits per heavy atom. The van der Waals surface area contributed by atoms with Gasteiger partial charge >= 0.3 is 0 Å². The molecule has 3 aromatic rings. The zero-order valence-electron chi connectivity index (χ0n) is 12.0. The summed E-state index contributed by atoms with van der Waals surface area (Å²) in [5.41, 5.74) is 2.15. The third-order valence-corrected chi connectivity index (χ3v) is 3.81. The summed E-state index contributed by atoms with van der Waals surface area (Å²) in [6.07, 6.45) is 0. The highest BCUT2D eigenvalue weighted by molar-refractivity contribution is 6.34. The van der Waals surface area contributed by atoms with E-state index in [9.17, 15) is 9.18 Å². The number of benzene rings is 2. The number of hydrogen-bond donors (Lipinski definition) is 1. The highest BCUT2D eigenvalue weighted by Gasteiger charge is 2.20. The monoisotopic (exact) mass is 317 g/mol. The zero-order chi connectivity index (χ0) is 15.9. The van der Waals surface area contributed by atoms with Gasteiger partial charge in [-0.3, -0.25) is 4.79 Å². The van der Waals surface area contributed by atoms with Crippen LogP contribution >= 0.6 is 11.6 Å². The van der Waals surface area contributed by atoms with Crippen molar-refractivity contribution in [3.05, 3.63) is 64.1 Å². The molecule has 0 bridgehead atoms. The predicted molar refractivity (Wildman–Crippen MR) is 85.1 cm³/mol. The molecule has 0 spiro atoms. The van der Waals surface area contributed by atoms with E-state index in [0.29, 0.717) is 21.7 Å². The molecule has 0 saturated heterocycles. The number of para-hydroxylation sites is 1. The van der Waals surface area contributed by atoms with Crippen LogP contribution in [0.25, 0.3) is 11.0 Å². The lowest BCUT2D eigenvalue weighted by Crippen LogP contribution is -2.12. The Bertz CT molecular complexity index is 886. The summed E-state index contributed by atoms with van der Waals surface area (Å²) >= 11 is 6.10. The van der Waals surface area contributed by atoms with Crippen LogP contribution in [0, 0.1) is 19.7 Å². The van der Waals surface area contributed by atoms with Crippen LogP contribution in [0.3, 0.4) is 0 Å². The minimum Gasteiger partial charge on any atom is -0.448 e. The lowest BCUT2D eigenvalue weighted by molar-refractivity contribution is 0.0997. The van der Waals surface area contributed by atoms with E-state index in [1.165, 1.54) is 6.07 Å². The molecule has 0 atom stereocenters. The quantitative estimate of drug-likeness (QED) is 0.715. The fourth-order valence-corrected chi connectivity index (χ4v) is 2.61. The minimum absolute atomic E-state index is 0.0803. The molecule has 22 heavy (non-hydrogen) atoms. The number of furan rings is 1. The molecule has 1 N–H and O–H groups in total. The average molecular weight is 318 g/mol. The van der Waals surface area contributed by atoms with Gasteiger partial charge < -0.3 is 9.73 Å². The van der Waals surface area contributed by atoms with E-state index in [0.717, 1.165) is 5.56 Å². The number of rotatable bonds is 2. The maximum Gasteiger partial charge on any atom is 0.291 e. The molecule has 0 unspecified atom stereocenters. The van der Waals surface area contributed by atoms with Crippen LogP contribution < -0.4 is 5.32 Å². The van der Waals surface area contributed by atoms with Gasteiger partial charge in [-0.05, 0) is 37.6 Å². The van der Waals surface area contributed by atoms with Gasteiger partial charge in [-0.25, -0.2) is 4.39 Å². The van der Waals surface area contributed by atoms with Crippen molar-refractivity contribution in [3.8, 4) is 0 Å². The van der Waals surface area contributed by atoms with Crippen molar-refractivity contribution in [2.24, 2.45) is 0 Å². The first-order valence-corrected chi connectivity index (χ1v) is 7.10. The third-order valence-electron chi connectivity index (χ3n) is 3.49. The molecule has 112 valence electrons. The average Bonchev–Trinajstić information content (AvgIpc) is 2.81. The van der Waals surface area contributed by atoms with Crippen LogP contribution in [0.15, 0.2) is 40.8 Å². The Labute approximate surface area is 131 Å². The van der Waals surface area contributed by atoms with E-state index in [1.54, 1.807) is 31.2 Å². The lowest BCUT2D eigenvalue weighted by Gasteiger charge is -2.06. The van der Waals surface area contributed by atoms with E-state index in [2.05, 4.69) is 5.32 Å². The van der Waals surface area contributed by atoms with Crippen molar-refractivity contribution in [1.29, 1.82) is 0 Å². The maximum absolute atomic E-state index is 13.7. The number of halogens is 2. The van der Waals surface area contributed by atoms with Gasteiger partial charge in [-0.2, -0.15) is 0 Å². The first-order chi connectivity index (χ1) is 10.5. The van der Waals surface area contributed by atoms with Crippen molar-refractivity contribution >= 4 is 34.2 Å². The molecule has 1 amide bonds. The molecule has 0 saturated carbocycles. The molecular weight excluding hydrogens is 305 g/mol. The van der Waals surface area contributed by atoms with Crippen LogP contribution in [0.1, 0.15) is 21.7 Å². The number of fused-ring (bicyclic) bond motifs is 1. The smallest absolute Gasteiger partial charge is 0.291 e. The predicted octanol–water partition coefficient (Wildman–Crippen LogP) is 5.09. The van der Waals surface area contributed by atoms with Crippen LogP contribution in [0.4, 0.5) is 10.1 Å². The Morgan fingerprint density at radius 2 is 2.00 bits per heavy atom. The van der Waals surface area contributed by atoms with Gasteiger partial charge in [0.05, 0.1) is 10.7 Å². The lowest BCUT2D eigenvalue weighted by atomic mass is 10.1. The van der Waals surface area contributed by atoms with E-state index in [1.807, 2.05) is 13.0 Å². The summed E-state index contributed by atoms with van der Waals surface area (Å²) in [5.74, 6) is -0.872. The molecule has 0 aliphatic rings. The van der Waals surface area contributed by atoms with Crippen LogP contribution in [0.2, 0.25) is 5.02 Å². The summed E-state index contributed by atoms with van der Waals surface area (Å²) in [6.45, 7) is 3.63. The molecule has 2 aromatic carbocycles.